The summed E-state index contributed by atoms with van der Waals surface area (Å²) in [4.78, 5) is 29.9. The number of aromatic nitrogens is 3. The molecule has 4 aromatic rings. The van der Waals surface area contributed by atoms with Crippen molar-refractivity contribution in [3.63, 3.8) is 0 Å². The molecule has 0 aliphatic carbocycles. The summed E-state index contributed by atoms with van der Waals surface area (Å²) in [5, 5.41) is 14.6. The molecule has 1 saturated heterocycles. The van der Waals surface area contributed by atoms with Gasteiger partial charge in [-0.15, -0.1) is 0 Å². The number of piperazine rings is 1. The average molecular weight is 572 g/mol. The molecule has 11 nitrogen and oxygen atoms in total. The number of hydrogen-bond donors (Lipinski definition) is 4. The number of halogens is 1. The molecule has 5 rings (SSSR count). The molecule has 3 aromatic carbocycles. The Morgan fingerprint density at radius 1 is 0.854 bits per heavy atom. The van der Waals surface area contributed by atoms with Crippen LogP contribution in [0.4, 0.5) is 17.6 Å². The maximum Gasteiger partial charge on any atom is 0.323 e. The Hall–Kier alpha value is -4.90. The monoisotopic (exact) mass is 571 g/mol. The highest BCUT2D eigenvalue weighted by Crippen LogP contribution is 2.20. The van der Waals surface area contributed by atoms with Gasteiger partial charge in [0.1, 0.15) is 6.61 Å². The van der Waals surface area contributed by atoms with Crippen LogP contribution in [0, 0.1) is 5.41 Å². The van der Waals surface area contributed by atoms with Crippen LogP contribution in [-0.4, -0.2) is 62.8 Å². The number of nitrogens with one attached hydrogen (secondary N) is 3. The van der Waals surface area contributed by atoms with Crippen molar-refractivity contribution in [2.75, 3.05) is 36.8 Å². The molecule has 0 radical (unpaired) electrons. The van der Waals surface area contributed by atoms with Crippen LogP contribution in [0.3, 0.4) is 0 Å². The highest BCUT2D eigenvalue weighted by Gasteiger charge is 2.22. The van der Waals surface area contributed by atoms with Crippen molar-refractivity contribution >= 4 is 41.1 Å². The average Bonchev–Trinajstić information content (AvgIpc) is 3.00. The number of benzene rings is 3. The normalized spacial score (nSPS) is 13.0. The van der Waals surface area contributed by atoms with Crippen LogP contribution in [0.5, 0.6) is 6.01 Å². The zero-order valence-corrected chi connectivity index (χ0v) is 23.0. The lowest BCUT2D eigenvalue weighted by atomic mass is 10.1. The summed E-state index contributed by atoms with van der Waals surface area (Å²) < 4.78 is 5.88. The van der Waals surface area contributed by atoms with Crippen LogP contribution in [0.1, 0.15) is 21.5 Å². The van der Waals surface area contributed by atoms with E-state index in [0.29, 0.717) is 67.5 Å². The molecular formula is C29H30ClN9O2. The maximum absolute atomic E-state index is 13.0. The summed E-state index contributed by atoms with van der Waals surface area (Å²) in [6.45, 7) is 2.91. The van der Waals surface area contributed by atoms with Gasteiger partial charge < -0.3 is 30.9 Å². The number of amides is 1. The van der Waals surface area contributed by atoms with E-state index in [-0.39, 0.29) is 17.9 Å². The minimum Gasteiger partial charge on any atom is -0.458 e. The van der Waals surface area contributed by atoms with E-state index in [1.165, 1.54) is 0 Å². The van der Waals surface area contributed by atoms with Gasteiger partial charge in [0.15, 0.2) is 5.96 Å². The molecule has 210 valence electrons. The van der Waals surface area contributed by atoms with E-state index in [2.05, 4.69) is 25.6 Å². The van der Waals surface area contributed by atoms with Crippen molar-refractivity contribution in [2.24, 2.45) is 5.73 Å². The smallest absolute Gasteiger partial charge is 0.323 e. The molecule has 0 atom stereocenters. The van der Waals surface area contributed by atoms with Crippen molar-refractivity contribution in [1.29, 1.82) is 5.41 Å². The van der Waals surface area contributed by atoms with Gasteiger partial charge in [-0.25, -0.2) is 0 Å². The Balaban J connectivity index is 1.27. The van der Waals surface area contributed by atoms with E-state index >= 15 is 0 Å². The molecule has 12 heteroatoms. The van der Waals surface area contributed by atoms with Gasteiger partial charge in [0, 0.05) is 49.0 Å². The van der Waals surface area contributed by atoms with E-state index in [1.54, 1.807) is 34.1 Å². The number of rotatable bonds is 9. The first-order valence-electron chi connectivity index (χ1n) is 13.1. The van der Waals surface area contributed by atoms with Crippen molar-refractivity contribution in [3.8, 4) is 6.01 Å². The number of hydrogen-bond acceptors (Lipinski definition) is 8. The van der Waals surface area contributed by atoms with Crippen LogP contribution in [0.15, 0.2) is 78.9 Å². The summed E-state index contributed by atoms with van der Waals surface area (Å²) in [6.07, 6.45) is 0. The summed E-state index contributed by atoms with van der Waals surface area (Å²) >= 11 is 6.00. The summed E-state index contributed by atoms with van der Waals surface area (Å²) in [7, 11) is 0. The fourth-order valence-corrected chi connectivity index (χ4v) is 4.35. The van der Waals surface area contributed by atoms with Crippen molar-refractivity contribution in [2.45, 2.75) is 13.2 Å². The lowest BCUT2D eigenvalue weighted by Gasteiger charge is -2.34. The molecule has 1 aliphatic heterocycles. The third-order valence-electron chi connectivity index (χ3n) is 6.49. The van der Waals surface area contributed by atoms with E-state index in [9.17, 15) is 4.79 Å². The summed E-state index contributed by atoms with van der Waals surface area (Å²) in [6, 6.07) is 24.6. The van der Waals surface area contributed by atoms with Crippen LogP contribution in [0.25, 0.3) is 0 Å². The predicted molar refractivity (Wildman–Crippen MR) is 158 cm³/mol. The van der Waals surface area contributed by atoms with Gasteiger partial charge in [0.2, 0.25) is 11.9 Å². The second-order valence-electron chi connectivity index (χ2n) is 9.39. The number of nitrogens with two attached hydrogens (primary N) is 1. The van der Waals surface area contributed by atoms with Gasteiger partial charge in [0.05, 0.1) is 0 Å². The molecule has 1 aliphatic rings. The standard InChI is InChI=1S/C29H30ClN9O2/c30-23-10-6-20(7-11-23)18-33-27-35-28(37-29(36-27)41-19-21-4-2-1-3-5-21)34-24-12-8-22(9-13-24)25(40)38-14-16-39(17-15-38)26(31)32/h1-13H,14-19H2,(H3,31,32)(H2,33,34,35,36,37). The number of ether oxygens (including phenoxy) is 1. The minimum absolute atomic E-state index is 0.0304. The Kier molecular flexibility index (Phi) is 8.75. The lowest BCUT2D eigenvalue weighted by Crippen LogP contribution is -2.52. The first kappa shape index (κ1) is 27.7. The molecule has 0 unspecified atom stereocenters. The number of carbonyl (C=O) groups is 1. The second-order valence-corrected chi connectivity index (χ2v) is 9.82. The topological polar surface area (TPSA) is 145 Å². The highest BCUT2D eigenvalue weighted by molar-refractivity contribution is 6.30. The Labute approximate surface area is 242 Å². The van der Waals surface area contributed by atoms with Crippen molar-refractivity contribution < 1.29 is 9.53 Å². The van der Waals surface area contributed by atoms with Crippen molar-refractivity contribution in [3.05, 3.63) is 101 Å². The zero-order chi connectivity index (χ0) is 28.6. The predicted octanol–water partition coefficient (Wildman–Crippen LogP) is 4.11. The number of guanidine groups is 1. The van der Waals surface area contributed by atoms with E-state index < -0.39 is 0 Å². The summed E-state index contributed by atoms with van der Waals surface area (Å²) in [5.41, 5.74) is 8.83. The third kappa shape index (κ3) is 7.61. The number of anilines is 3. The SMILES string of the molecule is N=C(N)N1CCN(C(=O)c2ccc(Nc3nc(NCc4ccc(Cl)cc4)nc(OCc4ccccc4)n3)cc2)CC1. The maximum atomic E-state index is 13.0. The molecule has 1 amide bonds. The second kappa shape index (κ2) is 13.0. The van der Waals surface area contributed by atoms with Crippen LogP contribution in [-0.2, 0) is 13.2 Å². The van der Waals surface area contributed by atoms with Gasteiger partial charge >= 0.3 is 6.01 Å². The fraction of sp³-hybridized carbons (Fsp3) is 0.207. The third-order valence-corrected chi connectivity index (χ3v) is 6.74. The van der Waals surface area contributed by atoms with Crippen molar-refractivity contribution in [1.82, 2.24) is 24.8 Å². The molecular weight excluding hydrogens is 542 g/mol. The number of nitrogens with zero attached hydrogens (tertiary/aromatic N) is 5. The minimum atomic E-state index is -0.0646. The van der Waals surface area contributed by atoms with Crippen LogP contribution >= 0.6 is 11.6 Å². The van der Waals surface area contributed by atoms with Gasteiger partial charge in [-0.2, -0.15) is 15.0 Å². The van der Waals surface area contributed by atoms with E-state index in [1.807, 2.05) is 54.6 Å². The molecule has 5 N–H and O–H groups in total. The highest BCUT2D eigenvalue weighted by atomic mass is 35.5. The zero-order valence-electron chi connectivity index (χ0n) is 22.3. The Bertz CT molecular complexity index is 1480. The molecule has 0 spiro atoms. The summed E-state index contributed by atoms with van der Waals surface area (Å²) in [5.74, 6) is 0.603. The molecule has 2 heterocycles. The molecule has 1 fully saturated rings. The van der Waals surface area contributed by atoms with Crippen LogP contribution in [0.2, 0.25) is 5.02 Å². The molecule has 41 heavy (non-hydrogen) atoms. The quantitative estimate of drug-likeness (QED) is 0.172. The van der Waals surface area contributed by atoms with Gasteiger partial charge in [-0.1, -0.05) is 54.1 Å². The molecule has 0 bridgehead atoms. The van der Waals surface area contributed by atoms with Gasteiger partial charge in [0.25, 0.3) is 5.91 Å². The fourth-order valence-electron chi connectivity index (χ4n) is 4.22. The first-order chi connectivity index (χ1) is 19.9. The first-order valence-corrected chi connectivity index (χ1v) is 13.5. The van der Waals surface area contributed by atoms with E-state index in [0.717, 1.165) is 11.1 Å². The van der Waals surface area contributed by atoms with Gasteiger partial charge in [-0.3, -0.25) is 10.2 Å². The molecule has 1 aromatic heterocycles. The number of carbonyl (C=O) groups excluding carboxylic acids is 1. The van der Waals surface area contributed by atoms with Gasteiger partial charge in [-0.05, 0) is 47.5 Å². The Morgan fingerprint density at radius 3 is 2.20 bits per heavy atom. The van der Waals surface area contributed by atoms with E-state index in [4.69, 9.17) is 27.5 Å². The Morgan fingerprint density at radius 2 is 1.51 bits per heavy atom. The molecule has 0 saturated carbocycles. The largest absolute Gasteiger partial charge is 0.458 e. The lowest BCUT2D eigenvalue weighted by molar-refractivity contribution is 0.0690. The van der Waals surface area contributed by atoms with Crippen LogP contribution < -0.4 is 21.1 Å².